The van der Waals surface area contributed by atoms with E-state index in [1.165, 1.54) is 18.9 Å². The molecule has 2 aromatic rings. The van der Waals surface area contributed by atoms with E-state index in [0.717, 1.165) is 16.8 Å². The number of rotatable bonds is 8. The van der Waals surface area contributed by atoms with E-state index >= 15 is 0 Å². The molecule has 0 radical (unpaired) electrons. The maximum absolute atomic E-state index is 12.5. The lowest BCUT2D eigenvalue weighted by atomic mass is 9.92. The first-order chi connectivity index (χ1) is 13.2. The monoisotopic (exact) mass is 403 g/mol. The molecule has 2 rings (SSSR count). The first kappa shape index (κ1) is 22.1. The summed E-state index contributed by atoms with van der Waals surface area (Å²) in [7, 11) is 1.34. The van der Waals surface area contributed by atoms with Gasteiger partial charge in [-0.25, -0.2) is 4.79 Å². The standard InChI is InChI=1S/C22H29NO4S/c1-13(2)17-8-7-9-18(14(3)4)21(17)23-20(24)12-28-11-16-10-19(15(5)27-16)22(25)26-6/h7-10,13-14H,11-12H2,1-6H3,(H,23,24). The average Bonchev–Trinajstić information content (AvgIpc) is 3.01. The van der Waals surface area contributed by atoms with Crippen molar-refractivity contribution in [1.82, 2.24) is 0 Å². The molecule has 0 bridgehead atoms. The molecule has 1 aromatic heterocycles. The molecule has 0 aliphatic carbocycles. The molecule has 0 fully saturated rings. The number of hydrogen-bond acceptors (Lipinski definition) is 5. The number of nitrogens with one attached hydrogen (secondary N) is 1. The molecule has 0 saturated heterocycles. The van der Waals surface area contributed by atoms with Gasteiger partial charge < -0.3 is 14.5 Å². The fourth-order valence-corrected chi connectivity index (χ4v) is 3.75. The number of furan rings is 1. The molecule has 6 heteroatoms. The van der Waals surface area contributed by atoms with E-state index in [0.29, 0.717) is 40.4 Å². The van der Waals surface area contributed by atoms with Gasteiger partial charge in [0.25, 0.3) is 0 Å². The Hall–Kier alpha value is -2.21. The topological polar surface area (TPSA) is 68.5 Å². The van der Waals surface area contributed by atoms with Gasteiger partial charge in [-0.05, 0) is 36.0 Å². The minimum atomic E-state index is -0.415. The maximum Gasteiger partial charge on any atom is 0.341 e. The summed E-state index contributed by atoms with van der Waals surface area (Å²) in [5, 5.41) is 3.11. The Kier molecular flexibility index (Phi) is 7.75. The number of carbonyl (C=O) groups excluding carboxylic acids is 2. The number of esters is 1. The summed E-state index contributed by atoms with van der Waals surface area (Å²) in [6.07, 6.45) is 0. The third-order valence-electron chi connectivity index (χ3n) is 4.49. The molecule has 1 aromatic carbocycles. The van der Waals surface area contributed by atoms with Gasteiger partial charge in [0.2, 0.25) is 5.91 Å². The van der Waals surface area contributed by atoms with Crippen LogP contribution in [-0.4, -0.2) is 24.7 Å². The van der Waals surface area contributed by atoms with E-state index in [-0.39, 0.29) is 5.91 Å². The smallest absolute Gasteiger partial charge is 0.341 e. The maximum atomic E-state index is 12.5. The molecule has 152 valence electrons. The van der Waals surface area contributed by atoms with E-state index in [1.54, 1.807) is 13.0 Å². The van der Waals surface area contributed by atoms with Crippen LogP contribution in [0.5, 0.6) is 0 Å². The summed E-state index contributed by atoms with van der Waals surface area (Å²) in [6, 6.07) is 7.86. The van der Waals surface area contributed by atoms with Crippen molar-refractivity contribution in [3.8, 4) is 0 Å². The molecular formula is C22H29NO4S. The van der Waals surface area contributed by atoms with Crippen molar-refractivity contribution in [2.24, 2.45) is 0 Å². The minimum Gasteiger partial charge on any atom is -0.465 e. The van der Waals surface area contributed by atoms with Gasteiger partial charge in [0.1, 0.15) is 17.1 Å². The summed E-state index contributed by atoms with van der Waals surface area (Å²) in [6.45, 7) is 10.2. The Morgan fingerprint density at radius 1 is 1.14 bits per heavy atom. The van der Waals surface area contributed by atoms with Crippen molar-refractivity contribution >= 4 is 29.3 Å². The number of benzene rings is 1. The van der Waals surface area contributed by atoms with Crippen LogP contribution in [0.25, 0.3) is 0 Å². The van der Waals surface area contributed by atoms with Crippen molar-refractivity contribution in [3.05, 3.63) is 52.5 Å². The summed E-state index contributed by atoms with van der Waals surface area (Å²) < 4.78 is 10.3. The highest BCUT2D eigenvalue weighted by Gasteiger charge is 2.17. The Labute approximate surface area is 171 Å². The number of amides is 1. The lowest BCUT2D eigenvalue weighted by Crippen LogP contribution is -2.17. The summed E-state index contributed by atoms with van der Waals surface area (Å²) >= 11 is 1.45. The largest absolute Gasteiger partial charge is 0.465 e. The zero-order chi connectivity index (χ0) is 20.8. The number of aryl methyl sites for hydroxylation is 1. The van der Waals surface area contributed by atoms with Gasteiger partial charge >= 0.3 is 5.97 Å². The quantitative estimate of drug-likeness (QED) is 0.590. The zero-order valence-corrected chi connectivity index (χ0v) is 18.2. The van der Waals surface area contributed by atoms with E-state index in [2.05, 4.69) is 45.1 Å². The lowest BCUT2D eigenvalue weighted by molar-refractivity contribution is -0.113. The van der Waals surface area contributed by atoms with Crippen molar-refractivity contribution in [2.45, 2.75) is 52.2 Å². The van der Waals surface area contributed by atoms with Gasteiger partial charge in [-0.3, -0.25) is 4.79 Å². The number of hydrogen-bond donors (Lipinski definition) is 1. The van der Waals surface area contributed by atoms with Crippen LogP contribution in [0.1, 0.15) is 72.5 Å². The van der Waals surface area contributed by atoms with E-state index in [1.807, 2.05) is 6.07 Å². The highest BCUT2D eigenvalue weighted by molar-refractivity contribution is 7.99. The van der Waals surface area contributed by atoms with Gasteiger partial charge in [0, 0.05) is 5.69 Å². The molecule has 0 aliphatic rings. The molecule has 0 spiro atoms. The molecule has 0 atom stereocenters. The van der Waals surface area contributed by atoms with Crippen LogP contribution in [-0.2, 0) is 15.3 Å². The number of para-hydroxylation sites is 1. The Balaban J connectivity index is 2.01. The van der Waals surface area contributed by atoms with E-state index < -0.39 is 5.97 Å². The van der Waals surface area contributed by atoms with Gasteiger partial charge in [0.15, 0.2) is 0 Å². The molecule has 0 aliphatic heterocycles. The number of thioether (sulfide) groups is 1. The molecule has 1 amide bonds. The van der Waals surface area contributed by atoms with Gasteiger partial charge in [-0.1, -0.05) is 45.9 Å². The van der Waals surface area contributed by atoms with Gasteiger partial charge in [-0.2, -0.15) is 0 Å². The number of methoxy groups -OCH3 is 1. The van der Waals surface area contributed by atoms with Crippen LogP contribution in [0.4, 0.5) is 5.69 Å². The van der Waals surface area contributed by atoms with Crippen LogP contribution in [0.15, 0.2) is 28.7 Å². The third-order valence-corrected chi connectivity index (χ3v) is 5.44. The normalized spacial score (nSPS) is 11.1. The molecule has 5 nitrogen and oxygen atoms in total. The van der Waals surface area contributed by atoms with Gasteiger partial charge in [-0.15, -0.1) is 11.8 Å². The van der Waals surface area contributed by atoms with Crippen LogP contribution in [0.3, 0.4) is 0 Å². The molecule has 1 N–H and O–H groups in total. The zero-order valence-electron chi connectivity index (χ0n) is 17.4. The number of carbonyl (C=O) groups is 2. The van der Waals surface area contributed by atoms with Crippen molar-refractivity contribution in [3.63, 3.8) is 0 Å². The molecule has 28 heavy (non-hydrogen) atoms. The van der Waals surface area contributed by atoms with Crippen molar-refractivity contribution < 1.29 is 18.7 Å². The predicted octanol–water partition coefficient (Wildman–Crippen LogP) is 5.49. The van der Waals surface area contributed by atoms with Crippen LogP contribution < -0.4 is 5.32 Å². The van der Waals surface area contributed by atoms with Crippen LogP contribution >= 0.6 is 11.8 Å². The first-order valence-corrected chi connectivity index (χ1v) is 10.6. The number of ether oxygens (including phenoxy) is 1. The Morgan fingerprint density at radius 2 is 1.75 bits per heavy atom. The van der Waals surface area contributed by atoms with Crippen molar-refractivity contribution in [1.29, 1.82) is 0 Å². The van der Waals surface area contributed by atoms with E-state index in [9.17, 15) is 9.59 Å². The van der Waals surface area contributed by atoms with Crippen molar-refractivity contribution in [2.75, 3.05) is 18.2 Å². The summed E-state index contributed by atoms with van der Waals surface area (Å²) in [5.74, 6) is 2.18. The van der Waals surface area contributed by atoms with Crippen LogP contribution in [0, 0.1) is 6.92 Å². The second kappa shape index (κ2) is 9.82. The Bertz CT molecular complexity index is 813. The highest BCUT2D eigenvalue weighted by atomic mass is 32.2. The molecule has 0 saturated carbocycles. The second-order valence-corrected chi connectivity index (χ2v) is 8.32. The van der Waals surface area contributed by atoms with E-state index in [4.69, 9.17) is 9.15 Å². The fourth-order valence-electron chi connectivity index (χ4n) is 3.04. The SMILES string of the molecule is COC(=O)c1cc(CSCC(=O)Nc2c(C(C)C)cccc2C(C)C)oc1C. The molecular weight excluding hydrogens is 374 g/mol. The lowest BCUT2D eigenvalue weighted by Gasteiger charge is -2.20. The summed E-state index contributed by atoms with van der Waals surface area (Å²) in [5.41, 5.74) is 3.65. The van der Waals surface area contributed by atoms with Gasteiger partial charge in [0.05, 0.1) is 18.6 Å². The molecule has 0 unspecified atom stereocenters. The molecule has 1 heterocycles. The average molecular weight is 404 g/mol. The number of anilines is 1. The second-order valence-electron chi connectivity index (χ2n) is 7.34. The third kappa shape index (κ3) is 5.41. The highest BCUT2D eigenvalue weighted by Crippen LogP contribution is 2.32. The minimum absolute atomic E-state index is 0.0449. The fraction of sp³-hybridized carbons (Fsp3) is 0.455. The van der Waals surface area contributed by atoms with Crippen LogP contribution in [0.2, 0.25) is 0 Å². The first-order valence-electron chi connectivity index (χ1n) is 9.42. The predicted molar refractivity (Wildman–Crippen MR) is 114 cm³/mol. The Morgan fingerprint density at radius 3 is 2.29 bits per heavy atom. The summed E-state index contributed by atoms with van der Waals surface area (Å²) in [4.78, 5) is 24.2.